The highest BCUT2D eigenvalue weighted by Crippen LogP contribution is 2.34. The molecule has 36 heavy (non-hydrogen) atoms. The molecule has 0 bridgehead atoms. The molecule has 0 radical (unpaired) electrons. The topological polar surface area (TPSA) is 147 Å². The van der Waals surface area contributed by atoms with Crippen LogP contribution >= 0.6 is 0 Å². The fourth-order valence-corrected chi connectivity index (χ4v) is 6.30. The van der Waals surface area contributed by atoms with Crippen LogP contribution in [0.1, 0.15) is 12.8 Å². The number of nitrogens with one attached hydrogen (secondary N) is 1. The lowest BCUT2D eigenvalue weighted by Crippen LogP contribution is -2.63. The number of alkyl halides is 3. The monoisotopic (exact) mass is 542 g/mol. The molecule has 3 rings (SSSR count). The third kappa shape index (κ3) is 6.51. The largest absolute Gasteiger partial charge is 0.525 e. The number of likely N-dealkylation sites (tertiary alicyclic amines) is 1. The van der Waals surface area contributed by atoms with Crippen LogP contribution in [0.2, 0.25) is 0 Å². The van der Waals surface area contributed by atoms with Crippen LogP contribution in [0.3, 0.4) is 0 Å². The van der Waals surface area contributed by atoms with Crippen molar-refractivity contribution in [2.75, 3.05) is 71.2 Å². The Labute approximate surface area is 206 Å². The molecule has 3 heterocycles. The molecule has 1 aromatic rings. The van der Waals surface area contributed by atoms with Crippen molar-refractivity contribution >= 4 is 21.7 Å². The van der Waals surface area contributed by atoms with Gasteiger partial charge in [-0.05, 0) is 18.9 Å². The third-order valence-electron chi connectivity index (χ3n) is 6.24. The van der Waals surface area contributed by atoms with Gasteiger partial charge in [0.1, 0.15) is 0 Å². The molecule has 2 saturated heterocycles. The quantitative estimate of drug-likeness (QED) is 0.230. The molecule has 0 saturated carbocycles. The summed E-state index contributed by atoms with van der Waals surface area (Å²) < 4.78 is 76.0. The normalized spacial score (nSPS) is 19.8. The molecule has 2 N–H and O–H groups in total. The molecule has 0 atom stereocenters. The zero-order valence-corrected chi connectivity index (χ0v) is 20.4. The molecular weight excluding hydrogens is 513 g/mol. The van der Waals surface area contributed by atoms with Crippen LogP contribution in [0.4, 0.5) is 19.0 Å². The Kier molecular flexibility index (Phi) is 9.28. The summed E-state index contributed by atoms with van der Waals surface area (Å²) in [5, 5.41) is 16.9. The molecule has 0 aromatic carbocycles. The van der Waals surface area contributed by atoms with E-state index in [0.717, 1.165) is 0 Å². The summed E-state index contributed by atoms with van der Waals surface area (Å²) in [6.07, 6.45) is -4.78. The number of rotatable bonds is 10. The predicted octanol–water partition coefficient (Wildman–Crippen LogP) is -0.212. The van der Waals surface area contributed by atoms with E-state index in [2.05, 4.69) is 14.9 Å². The van der Waals surface area contributed by atoms with Gasteiger partial charge in [0.05, 0.1) is 6.61 Å². The van der Waals surface area contributed by atoms with Crippen molar-refractivity contribution in [1.29, 1.82) is 0 Å². The molecule has 2 aliphatic rings. The van der Waals surface area contributed by atoms with E-state index in [9.17, 15) is 31.6 Å². The van der Waals surface area contributed by atoms with Gasteiger partial charge in [-0.15, -0.1) is 23.4 Å². The smallest absolute Gasteiger partial charge is 0.449 e. The summed E-state index contributed by atoms with van der Waals surface area (Å²) in [6, 6.07) is 2.81. The number of hydroxylamine groups is 1. The van der Waals surface area contributed by atoms with Crippen LogP contribution in [0.25, 0.3) is 0 Å². The van der Waals surface area contributed by atoms with Crippen molar-refractivity contribution in [3.8, 4) is 5.88 Å². The van der Waals surface area contributed by atoms with Crippen molar-refractivity contribution in [2.24, 2.45) is 0 Å². The van der Waals surface area contributed by atoms with Gasteiger partial charge < -0.3 is 19.3 Å². The van der Waals surface area contributed by atoms with E-state index in [1.54, 1.807) is 17.5 Å². The van der Waals surface area contributed by atoms with Crippen molar-refractivity contribution < 1.29 is 45.8 Å². The van der Waals surface area contributed by atoms with Crippen molar-refractivity contribution in [2.45, 2.75) is 24.0 Å². The Morgan fingerprint density at radius 1 is 1.14 bits per heavy atom. The van der Waals surface area contributed by atoms with Crippen LogP contribution < -0.4 is 15.1 Å². The number of halogens is 3. The SMILES string of the molecule is COCCN1CCC(C(=O)NO)(S(=O)(=O)N2CCN(c3ccc(OCOC(F)(F)F)nn3)CC2)CC1. The average molecular weight is 543 g/mol. The highest BCUT2D eigenvalue weighted by atomic mass is 32.2. The average Bonchev–Trinajstić information content (AvgIpc) is 2.87. The van der Waals surface area contributed by atoms with Gasteiger partial charge in [-0.25, -0.2) is 13.9 Å². The van der Waals surface area contributed by atoms with Gasteiger partial charge in [0.2, 0.25) is 15.9 Å². The maximum Gasteiger partial charge on any atom is 0.525 e. The number of carbonyl (C=O) groups is 1. The highest BCUT2D eigenvalue weighted by Gasteiger charge is 2.55. The number of hydrogen-bond donors (Lipinski definition) is 2. The standard InChI is InChI=1S/C19H29F3N6O7S/c1-33-13-12-26-6-4-18(5-7-26,17(29)25-30)36(31,32)28-10-8-27(9-11-28)15-2-3-16(24-23-15)34-14-35-19(20,21)22/h2-3,30H,4-14H2,1H3,(H,25,29). The van der Waals surface area contributed by atoms with Crippen LogP contribution in [0.15, 0.2) is 12.1 Å². The summed E-state index contributed by atoms with van der Waals surface area (Å²) >= 11 is 0. The first-order chi connectivity index (χ1) is 17.0. The lowest BCUT2D eigenvalue weighted by atomic mass is 9.95. The number of piperazine rings is 1. The molecular formula is C19H29F3N6O7S. The molecule has 13 nitrogen and oxygen atoms in total. The first kappa shape index (κ1) is 28.3. The minimum Gasteiger partial charge on any atom is -0.449 e. The zero-order valence-electron chi connectivity index (χ0n) is 19.6. The minimum atomic E-state index is -4.83. The van der Waals surface area contributed by atoms with Crippen LogP contribution in [-0.4, -0.2) is 116 Å². The summed E-state index contributed by atoms with van der Waals surface area (Å²) in [5.74, 6) is -0.740. The molecule has 1 amide bonds. The van der Waals surface area contributed by atoms with Gasteiger partial charge in [-0.1, -0.05) is 0 Å². The second-order valence-electron chi connectivity index (χ2n) is 8.24. The Morgan fingerprint density at radius 2 is 1.81 bits per heavy atom. The first-order valence-electron chi connectivity index (χ1n) is 11.1. The number of ether oxygens (including phenoxy) is 3. The second-order valence-corrected chi connectivity index (χ2v) is 10.5. The highest BCUT2D eigenvalue weighted by molar-refractivity contribution is 7.91. The molecule has 0 aliphatic carbocycles. The molecule has 2 aliphatic heterocycles. The van der Waals surface area contributed by atoms with E-state index in [4.69, 9.17) is 9.47 Å². The maximum absolute atomic E-state index is 13.6. The van der Waals surface area contributed by atoms with Crippen LogP contribution in [-0.2, 0) is 24.3 Å². The van der Waals surface area contributed by atoms with Crippen LogP contribution in [0.5, 0.6) is 5.88 Å². The number of nitrogens with zero attached hydrogens (tertiary/aromatic N) is 5. The minimum absolute atomic E-state index is 0.0245. The number of anilines is 1. The Hall–Kier alpha value is -2.31. The van der Waals surface area contributed by atoms with Gasteiger partial charge in [0.15, 0.2) is 17.4 Å². The van der Waals surface area contributed by atoms with Crippen LogP contribution in [0, 0.1) is 0 Å². The number of sulfonamides is 1. The maximum atomic E-state index is 13.6. The van der Waals surface area contributed by atoms with Gasteiger partial charge in [0, 0.05) is 59.0 Å². The van der Waals surface area contributed by atoms with Crippen molar-refractivity contribution in [3.63, 3.8) is 0 Å². The predicted molar refractivity (Wildman–Crippen MR) is 118 cm³/mol. The first-order valence-corrected chi connectivity index (χ1v) is 12.5. The van der Waals surface area contributed by atoms with Gasteiger partial charge in [-0.3, -0.25) is 14.7 Å². The lowest BCUT2D eigenvalue weighted by Gasteiger charge is -2.43. The van der Waals surface area contributed by atoms with Gasteiger partial charge >= 0.3 is 6.36 Å². The molecule has 0 unspecified atom stereocenters. The Bertz CT molecular complexity index is 967. The van der Waals surface area contributed by atoms with Crippen molar-refractivity contribution in [3.05, 3.63) is 12.1 Å². The fraction of sp³-hybridized carbons (Fsp3) is 0.737. The third-order valence-corrected chi connectivity index (χ3v) is 8.87. The fourth-order valence-electron chi connectivity index (χ4n) is 4.18. The van der Waals surface area contributed by atoms with Gasteiger partial charge in [-0.2, -0.15) is 4.31 Å². The second kappa shape index (κ2) is 11.8. The summed E-state index contributed by atoms with van der Waals surface area (Å²) in [5.41, 5.74) is 1.54. The van der Waals surface area contributed by atoms with Gasteiger partial charge in [0.25, 0.3) is 5.91 Å². The van der Waals surface area contributed by atoms with E-state index < -0.39 is 33.8 Å². The number of aromatic nitrogens is 2. The Morgan fingerprint density at radius 3 is 2.33 bits per heavy atom. The van der Waals surface area contributed by atoms with E-state index >= 15 is 0 Å². The summed E-state index contributed by atoms with van der Waals surface area (Å²) in [6.45, 7) is 1.33. The lowest BCUT2D eigenvalue weighted by molar-refractivity contribution is -0.341. The number of piperidine rings is 1. The number of hydrogen-bond acceptors (Lipinski definition) is 11. The van der Waals surface area contributed by atoms with E-state index in [1.807, 2.05) is 4.90 Å². The van der Waals surface area contributed by atoms with E-state index in [0.29, 0.717) is 32.1 Å². The zero-order chi connectivity index (χ0) is 26.4. The van der Waals surface area contributed by atoms with Crippen molar-refractivity contribution in [1.82, 2.24) is 24.9 Å². The summed E-state index contributed by atoms with van der Waals surface area (Å²) in [7, 11) is -2.55. The summed E-state index contributed by atoms with van der Waals surface area (Å²) in [4.78, 5) is 16.4. The molecule has 2 fully saturated rings. The van der Waals surface area contributed by atoms with E-state index in [-0.39, 0.29) is 44.9 Å². The molecule has 1 aromatic heterocycles. The Balaban J connectivity index is 1.61. The number of methoxy groups -OCH3 is 1. The van der Waals surface area contributed by atoms with E-state index in [1.165, 1.54) is 16.4 Å². The number of carbonyl (C=O) groups excluding carboxylic acids is 1. The molecule has 0 spiro atoms. The number of amides is 1. The molecule has 204 valence electrons. The molecule has 17 heteroatoms.